The van der Waals surface area contributed by atoms with E-state index < -0.39 is 28.8 Å². The van der Waals surface area contributed by atoms with Gasteiger partial charge in [-0.25, -0.2) is 0 Å². The highest BCUT2D eigenvalue weighted by Crippen LogP contribution is 2.31. The van der Waals surface area contributed by atoms with Crippen molar-refractivity contribution in [3.8, 4) is 5.75 Å². The van der Waals surface area contributed by atoms with E-state index in [0.717, 1.165) is 37.0 Å². The van der Waals surface area contributed by atoms with Crippen molar-refractivity contribution in [2.75, 3.05) is 7.11 Å². The van der Waals surface area contributed by atoms with Crippen LogP contribution in [0.1, 0.15) is 57.1 Å². The SMILES string of the molecule is COc1cccc(CC(=O)N(C(=O)[C@@H](N)Cc2ccc([N+](=O)[O-])cc2)C(C(=O)NC(C)C)C2CCCCC2)c1. The van der Waals surface area contributed by atoms with Gasteiger partial charge in [-0.3, -0.25) is 29.4 Å². The molecule has 210 valence electrons. The van der Waals surface area contributed by atoms with E-state index in [4.69, 9.17) is 10.5 Å². The second kappa shape index (κ2) is 13.8. The number of nitrogens with one attached hydrogen (secondary N) is 1. The van der Waals surface area contributed by atoms with Gasteiger partial charge in [0.1, 0.15) is 11.8 Å². The van der Waals surface area contributed by atoms with Crippen molar-refractivity contribution in [3.05, 3.63) is 69.8 Å². The van der Waals surface area contributed by atoms with Crippen LogP contribution in [-0.2, 0) is 27.2 Å². The molecule has 3 amide bonds. The minimum atomic E-state index is -1.13. The van der Waals surface area contributed by atoms with Gasteiger partial charge in [0, 0.05) is 18.2 Å². The second-order valence-electron chi connectivity index (χ2n) is 10.4. The molecule has 10 nitrogen and oxygen atoms in total. The Kier molecular flexibility index (Phi) is 10.6. The van der Waals surface area contributed by atoms with Crippen LogP contribution in [0, 0.1) is 16.0 Å². The molecule has 2 aromatic rings. The zero-order chi connectivity index (χ0) is 28.5. The van der Waals surface area contributed by atoms with Gasteiger partial charge in [-0.05, 0) is 62.3 Å². The van der Waals surface area contributed by atoms with E-state index in [1.807, 2.05) is 13.8 Å². The largest absolute Gasteiger partial charge is 0.497 e. The summed E-state index contributed by atoms with van der Waals surface area (Å²) in [4.78, 5) is 52.9. The van der Waals surface area contributed by atoms with Crippen LogP contribution in [0.2, 0.25) is 0 Å². The third kappa shape index (κ3) is 8.10. The normalized spacial score (nSPS) is 15.3. The van der Waals surface area contributed by atoms with Crippen molar-refractivity contribution in [3.63, 3.8) is 0 Å². The third-order valence-corrected chi connectivity index (χ3v) is 6.99. The van der Waals surface area contributed by atoms with E-state index in [9.17, 15) is 24.5 Å². The highest BCUT2D eigenvalue weighted by Gasteiger charge is 2.42. The number of nitrogens with zero attached hydrogens (tertiary/aromatic N) is 2. The molecule has 0 radical (unpaired) electrons. The molecule has 3 N–H and O–H groups in total. The standard InChI is InChI=1S/C29H38N4O6/c1-19(2)31-28(35)27(22-9-5-4-6-10-22)32(26(34)18-21-8-7-11-24(16-21)39-3)29(36)25(30)17-20-12-14-23(15-13-20)33(37)38/h7-8,11-16,19,22,25,27H,4-6,9-10,17-18,30H2,1-3H3,(H,31,35)/t25-,27?/m0/s1. The first-order valence-electron chi connectivity index (χ1n) is 13.4. The maximum atomic E-state index is 13.9. The molecular formula is C29H38N4O6. The Balaban J connectivity index is 1.96. The summed E-state index contributed by atoms with van der Waals surface area (Å²) in [6.07, 6.45) is 4.27. The second-order valence-corrected chi connectivity index (χ2v) is 10.4. The number of non-ortho nitro benzene ring substituents is 1. The Morgan fingerprint density at radius 2 is 1.74 bits per heavy atom. The molecule has 0 saturated heterocycles. The maximum Gasteiger partial charge on any atom is 0.269 e. The monoisotopic (exact) mass is 538 g/mol. The Morgan fingerprint density at radius 1 is 1.08 bits per heavy atom. The van der Waals surface area contributed by atoms with Crippen LogP contribution < -0.4 is 15.8 Å². The number of hydrogen-bond acceptors (Lipinski definition) is 7. The average Bonchev–Trinajstić information content (AvgIpc) is 2.91. The van der Waals surface area contributed by atoms with Crippen molar-refractivity contribution in [1.82, 2.24) is 10.2 Å². The van der Waals surface area contributed by atoms with E-state index >= 15 is 0 Å². The minimum Gasteiger partial charge on any atom is -0.497 e. The smallest absolute Gasteiger partial charge is 0.269 e. The summed E-state index contributed by atoms with van der Waals surface area (Å²) < 4.78 is 5.28. The molecule has 0 bridgehead atoms. The predicted octanol–water partition coefficient (Wildman–Crippen LogP) is 3.54. The quantitative estimate of drug-likeness (QED) is 0.329. The first-order chi connectivity index (χ1) is 18.6. The summed E-state index contributed by atoms with van der Waals surface area (Å²) in [6.45, 7) is 3.67. The lowest BCUT2D eigenvalue weighted by Gasteiger charge is -2.38. The van der Waals surface area contributed by atoms with E-state index in [0.29, 0.717) is 16.9 Å². The van der Waals surface area contributed by atoms with Crippen LogP contribution in [0.15, 0.2) is 48.5 Å². The topological polar surface area (TPSA) is 145 Å². The van der Waals surface area contributed by atoms with Crippen molar-refractivity contribution in [2.45, 2.75) is 76.9 Å². The number of benzene rings is 2. The molecule has 1 saturated carbocycles. The molecule has 0 aromatic heterocycles. The maximum absolute atomic E-state index is 13.9. The highest BCUT2D eigenvalue weighted by atomic mass is 16.6. The third-order valence-electron chi connectivity index (χ3n) is 6.99. The number of nitro benzene ring substituents is 1. The van der Waals surface area contributed by atoms with Gasteiger partial charge < -0.3 is 15.8 Å². The van der Waals surface area contributed by atoms with Crippen LogP contribution >= 0.6 is 0 Å². The fraction of sp³-hybridized carbons (Fsp3) is 0.483. The molecule has 1 aliphatic rings. The molecule has 39 heavy (non-hydrogen) atoms. The molecule has 2 atom stereocenters. The number of methoxy groups -OCH3 is 1. The molecule has 1 fully saturated rings. The van der Waals surface area contributed by atoms with Gasteiger partial charge in [0.15, 0.2) is 0 Å². The minimum absolute atomic E-state index is 0.0585. The number of rotatable bonds is 11. The Labute approximate surface area is 229 Å². The van der Waals surface area contributed by atoms with E-state index in [2.05, 4.69) is 5.32 Å². The van der Waals surface area contributed by atoms with E-state index in [1.165, 1.54) is 31.4 Å². The number of nitrogens with two attached hydrogens (primary N) is 1. The summed E-state index contributed by atoms with van der Waals surface area (Å²) in [7, 11) is 1.53. The van der Waals surface area contributed by atoms with Crippen molar-refractivity contribution in [1.29, 1.82) is 0 Å². The Hall–Kier alpha value is -3.79. The summed E-state index contributed by atoms with van der Waals surface area (Å²) in [6, 6.07) is 10.5. The van der Waals surface area contributed by atoms with Crippen molar-refractivity contribution >= 4 is 23.4 Å². The van der Waals surface area contributed by atoms with Crippen LogP contribution in [0.25, 0.3) is 0 Å². The summed E-state index contributed by atoms with van der Waals surface area (Å²) in [5.41, 5.74) is 7.55. The lowest BCUT2D eigenvalue weighted by Crippen LogP contribution is -2.60. The zero-order valence-electron chi connectivity index (χ0n) is 22.8. The lowest BCUT2D eigenvalue weighted by atomic mass is 9.82. The number of amides is 3. The molecule has 10 heteroatoms. The van der Waals surface area contributed by atoms with Gasteiger partial charge in [0.25, 0.3) is 5.69 Å². The predicted molar refractivity (Wildman–Crippen MR) is 147 cm³/mol. The fourth-order valence-electron chi connectivity index (χ4n) is 5.09. The van der Waals surface area contributed by atoms with Gasteiger partial charge in [0.2, 0.25) is 17.7 Å². The summed E-state index contributed by atoms with van der Waals surface area (Å²) >= 11 is 0. The van der Waals surface area contributed by atoms with Crippen LogP contribution in [-0.4, -0.2) is 52.8 Å². The zero-order valence-corrected chi connectivity index (χ0v) is 22.8. The molecule has 3 rings (SSSR count). The van der Waals surface area contributed by atoms with Gasteiger partial charge in [-0.15, -0.1) is 0 Å². The number of imide groups is 1. The van der Waals surface area contributed by atoms with Crippen LogP contribution in [0.3, 0.4) is 0 Å². The van der Waals surface area contributed by atoms with E-state index in [1.54, 1.807) is 24.3 Å². The Morgan fingerprint density at radius 3 is 2.33 bits per heavy atom. The molecule has 0 aliphatic heterocycles. The Bertz CT molecular complexity index is 1160. The molecule has 2 aromatic carbocycles. The number of ether oxygens (including phenoxy) is 1. The molecule has 1 unspecified atom stereocenters. The molecular weight excluding hydrogens is 500 g/mol. The molecule has 0 spiro atoms. The molecule has 1 aliphatic carbocycles. The molecule has 0 heterocycles. The number of hydrogen-bond donors (Lipinski definition) is 2. The van der Waals surface area contributed by atoms with Gasteiger partial charge in [0.05, 0.1) is 24.5 Å². The van der Waals surface area contributed by atoms with Gasteiger partial charge in [-0.2, -0.15) is 0 Å². The lowest BCUT2D eigenvalue weighted by molar-refractivity contribution is -0.384. The average molecular weight is 539 g/mol. The number of nitro groups is 1. The first-order valence-corrected chi connectivity index (χ1v) is 13.4. The summed E-state index contributed by atoms with van der Waals surface area (Å²) in [5, 5.41) is 13.9. The van der Waals surface area contributed by atoms with Gasteiger partial charge >= 0.3 is 0 Å². The fourth-order valence-corrected chi connectivity index (χ4v) is 5.09. The first kappa shape index (κ1) is 29.8. The highest BCUT2D eigenvalue weighted by molar-refractivity contribution is 6.03. The summed E-state index contributed by atoms with van der Waals surface area (Å²) in [5.74, 6) is -1.12. The van der Waals surface area contributed by atoms with Crippen LogP contribution in [0.5, 0.6) is 5.75 Å². The van der Waals surface area contributed by atoms with Crippen molar-refractivity contribution in [2.24, 2.45) is 11.7 Å². The number of carbonyl (C=O) groups excluding carboxylic acids is 3. The van der Waals surface area contributed by atoms with E-state index in [-0.39, 0.29) is 36.4 Å². The number of carbonyl (C=O) groups is 3. The van der Waals surface area contributed by atoms with Crippen LogP contribution in [0.4, 0.5) is 5.69 Å². The van der Waals surface area contributed by atoms with Gasteiger partial charge in [-0.1, -0.05) is 43.5 Å². The van der Waals surface area contributed by atoms with Crippen molar-refractivity contribution < 1.29 is 24.0 Å².